The molecular formula is C14H18N2O. The molecule has 0 heterocycles. The first-order valence-corrected chi connectivity index (χ1v) is 5.68. The molecule has 0 aliphatic heterocycles. The molecule has 0 bridgehead atoms. The van der Waals surface area contributed by atoms with Crippen LogP contribution in [0.5, 0.6) is 5.75 Å². The van der Waals surface area contributed by atoms with Gasteiger partial charge in [0.2, 0.25) is 0 Å². The highest BCUT2D eigenvalue weighted by atomic mass is 16.5. The third-order valence-corrected chi connectivity index (χ3v) is 2.88. The van der Waals surface area contributed by atoms with Crippen LogP contribution in [0.15, 0.2) is 36.4 Å². The first-order valence-electron chi connectivity index (χ1n) is 5.68. The van der Waals surface area contributed by atoms with Gasteiger partial charge in [-0.3, -0.25) is 4.90 Å². The van der Waals surface area contributed by atoms with Gasteiger partial charge in [0.05, 0.1) is 7.11 Å². The predicted octanol–water partition coefficient (Wildman–Crippen LogP) is 2.20. The number of benzene rings is 2. The predicted molar refractivity (Wildman–Crippen MR) is 71.0 cm³/mol. The summed E-state index contributed by atoms with van der Waals surface area (Å²) in [4.78, 5) is 2.07. The van der Waals surface area contributed by atoms with Gasteiger partial charge in [0.1, 0.15) is 5.75 Å². The van der Waals surface area contributed by atoms with Gasteiger partial charge in [-0.05, 0) is 41.6 Å². The van der Waals surface area contributed by atoms with E-state index < -0.39 is 0 Å². The lowest BCUT2D eigenvalue weighted by atomic mass is 10.1. The molecular weight excluding hydrogens is 212 g/mol. The maximum Gasteiger partial charge on any atom is 0.119 e. The molecule has 2 aromatic rings. The fourth-order valence-electron chi connectivity index (χ4n) is 1.87. The van der Waals surface area contributed by atoms with Gasteiger partial charge in [-0.1, -0.05) is 18.2 Å². The average Bonchev–Trinajstić information content (AvgIpc) is 2.38. The molecule has 0 unspecified atom stereocenters. The minimum atomic E-state index is 0.570. The van der Waals surface area contributed by atoms with E-state index in [9.17, 15) is 0 Å². The lowest BCUT2D eigenvalue weighted by Crippen LogP contribution is -2.24. The molecule has 2 rings (SSSR count). The van der Waals surface area contributed by atoms with E-state index in [1.54, 1.807) is 7.11 Å². The number of nitrogens with zero attached hydrogens (tertiary/aromatic N) is 1. The van der Waals surface area contributed by atoms with E-state index in [0.717, 1.165) is 12.3 Å². The Balaban J connectivity index is 2.31. The molecule has 0 aromatic heterocycles. The van der Waals surface area contributed by atoms with Crippen LogP contribution in [-0.2, 0) is 6.54 Å². The summed E-state index contributed by atoms with van der Waals surface area (Å²) in [5, 5.41) is 2.43. The van der Waals surface area contributed by atoms with Crippen molar-refractivity contribution in [2.45, 2.75) is 6.54 Å². The minimum absolute atomic E-state index is 0.570. The average molecular weight is 230 g/mol. The third kappa shape index (κ3) is 2.75. The Morgan fingerprint density at radius 1 is 1.12 bits per heavy atom. The molecule has 90 valence electrons. The zero-order valence-electron chi connectivity index (χ0n) is 10.3. The molecule has 2 N–H and O–H groups in total. The molecule has 2 aromatic carbocycles. The van der Waals surface area contributed by atoms with Crippen LogP contribution >= 0.6 is 0 Å². The maximum atomic E-state index is 5.58. The molecule has 3 heteroatoms. The van der Waals surface area contributed by atoms with E-state index in [4.69, 9.17) is 10.5 Å². The second kappa shape index (κ2) is 5.17. The molecule has 0 aliphatic rings. The number of nitrogens with two attached hydrogens (primary N) is 1. The Morgan fingerprint density at radius 2 is 1.82 bits per heavy atom. The Labute approximate surface area is 102 Å². The molecule has 3 nitrogen and oxygen atoms in total. The van der Waals surface area contributed by atoms with Crippen molar-refractivity contribution in [2.24, 2.45) is 5.73 Å². The van der Waals surface area contributed by atoms with Gasteiger partial charge in [-0.2, -0.15) is 0 Å². The van der Waals surface area contributed by atoms with Crippen molar-refractivity contribution in [3.8, 4) is 5.75 Å². The van der Waals surface area contributed by atoms with E-state index in [1.807, 2.05) is 19.2 Å². The lowest BCUT2D eigenvalue weighted by molar-refractivity contribution is 0.337. The van der Waals surface area contributed by atoms with Gasteiger partial charge in [-0.25, -0.2) is 0 Å². The molecule has 17 heavy (non-hydrogen) atoms. The second-order valence-electron chi connectivity index (χ2n) is 4.24. The van der Waals surface area contributed by atoms with Crippen molar-refractivity contribution in [1.29, 1.82) is 0 Å². The number of hydrogen-bond acceptors (Lipinski definition) is 3. The van der Waals surface area contributed by atoms with Crippen molar-refractivity contribution in [3.05, 3.63) is 42.0 Å². The highest BCUT2D eigenvalue weighted by Gasteiger charge is 2.01. The van der Waals surface area contributed by atoms with Crippen LogP contribution in [0.1, 0.15) is 5.56 Å². The highest BCUT2D eigenvalue weighted by Crippen LogP contribution is 2.22. The summed E-state index contributed by atoms with van der Waals surface area (Å²) in [5.74, 6) is 0.893. The molecule has 0 spiro atoms. The normalized spacial score (nSPS) is 11.1. The summed E-state index contributed by atoms with van der Waals surface area (Å²) in [6.07, 6.45) is 0. The molecule has 0 saturated carbocycles. The zero-order valence-corrected chi connectivity index (χ0v) is 10.3. The van der Waals surface area contributed by atoms with Crippen LogP contribution in [-0.4, -0.2) is 25.7 Å². The Kier molecular flexibility index (Phi) is 3.61. The quantitative estimate of drug-likeness (QED) is 0.818. The third-order valence-electron chi connectivity index (χ3n) is 2.88. The Hall–Kier alpha value is -1.58. The minimum Gasteiger partial charge on any atom is -0.497 e. The standard InChI is InChI=1S/C14H18N2O/c1-16(10-15)9-11-3-4-13-8-14(17-2)6-5-12(13)7-11/h3-8H,9-10,15H2,1-2H3. The zero-order chi connectivity index (χ0) is 12.3. The van der Waals surface area contributed by atoms with Crippen LogP contribution in [0.4, 0.5) is 0 Å². The van der Waals surface area contributed by atoms with Gasteiger partial charge in [-0.15, -0.1) is 0 Å². The maximum absolute atomic E-state index is 5.58. The van der Waals surface area contributed by atoms with Crippen molar-refractivity contribution < 1.29 is 4.74 Å². The first-order chi connectivity index (χ1) is 8.22. The second-order valence-corrected chi connectivity index (χ2v) is 4.24. The topological polar surface area (TPSA) is 38.5 Å². The number of hydrogen-bond donors (Lipinski definition) is 1. The van der Waals surface area contributed by atoms with Crippen LogP contribution < -0.4 is 10.5 Å². The summed E-state index contributed by atoms with van der Waals surface area (Å²) >= 11 is 0. The Morgan fingerprint density at radius 3 is 2.53 bits per heavy atom. The summed E-state index contributed by atoms with van der Waals surface area (Å²) in [6.45, 7) is 1.44. The smallest absolute Gasteiger partial charge is 0.119 e. The number of ether oxygens (including phenoxy) is 1. The van der Waals surface area contributed by atoms with Crippen molar-refractivity contribution >= 4 is 10.8 Å². The monoisotopic (exact) mass is 230 g/mol. The fourth-order valence-corrected chi connectivity index (χ4v) is 1.87. The van der Waals surface area contributed by atoms with Crippen molar-refractivity contribution in [1.82, 2.24) is 4.90 Å². The summed E-state index contributed by atoms with van der Waals surface area (Å²) in [7, 11) is 3.70. The molecule has 0 saturated heterocycles. The van der Waals surface area contributed by atoms with E-state index in [0.29, 0.717) is 6.67 Å². The van der Waals surface area contributed by atoms with E-state index in [1.165, 1.54) is 16.3 Å². The van der Waals surface area contributed by atoms with E-state index in [-0.39, 0.29) is 0 Å². The lowest BCUT2D eigenvalue weighted by Gasteiger charge is -2.14. The SMILES string of the molecule is COc1ccc2cc(CN(C)CN)ccc2c1. The van der Waals surface area contributed by atoms with Crippen LogP contribution in [0.2, 0.25) is 0 Å². The number of rotatable bonds is 4. The summed E-state index contributed by atoms with van der Waals surface area (Å²) in [6, 6.07) is 12.6. The Bertz CT molecular complexity index is 511. The van der Waals surface area contributed by atoms with E-state index in [2.05, 4.69) is 29.2 Å². The van der Waals surface area contributed by atoms with Gasteiger partial charge in [0, 0.05) is 13.2 Å². The van der Waals surface area contributed by atoms with Gasteiger partial charge in [0.25, 0.3) is 0 Å². The molecule has 0 atom stereocenters. The molecule has 0 amide bonds. The number of fused-ring (bicyclic) bond motifs is 1. The van der Waals surface area contributed by atoms with Gasteiger partial charge >= 0.3 is 0 Å². The number of methoxy groups -OCH3 is 1. The van der Waals surface area contributed by atoms with Gasteiger partial charge in [0.15, 0.2) is 0 Å². The largest absolute Gasteiger partial charge is 0.497 e. The molecule has 0 radical (unpaired) electrons. The fraction of sp³-hybridized carbons (Fsp3) is 0.286. The van der Waals surface area contributed by atoms with Crippen LogP contribution in [0.25, 0.3) is 10.8 Å². The molecule has 0 fully saturated rings. The van der Waals surface area contributed by atoms with Crippen molar-refractivity contribution in [3.63, 3.8) is 0 Å². The van der Waals surface area contributed by atoms with Crippen LogP contribution in [0.3, 0.4) is 0 Å². The highest BCUT2D eigenvalue weighted by molar-refractivity contribution is 5.84. The van der Waals surface area contributed by atoms with Crippen molar-refractivity contribution in [2.75, 3.05) is 20.8 Å². The van der Waals surface area contributed by atoms with Crippen LogP contribution in [0, 0.1) is 0 Å². The summed E-state index contributed by atoms with van der Waals surface area (Å²) in [5.41, 5.74) is 6.85. The summed E-state index contributed by atoms with van der Waals surface area (Å²) < 4.78 is 5.21. The first kappa shape index (κ1) is 11.9. The van der Waals surface area contributed by atoms with E-state index >= 15 is 0 Å². The van der Waals surface area contributed by atoms with Gasteiger partial charge < -0.3 is 10.5 Å². The molecule has 0 aliphatic carbocycles.